The third kappa shape index (κ3) is 3.38. The van der Waals surface area contributed by atoms with Crippen LogP contribution in [0.25, 0.3) is 0 Å². The number of morpholine rings is 1. The van der Waals surface area contributed by atoms with Crippen LogP contribution in [0.3, 0.4) is 0 Å². The summed E-state index contributed by atoms with van der Waals surface area (Å²) in [5, 5.41) is 9.34. The van der Waals surface area contributed by atoms with Gasteiger partial charge in [0.1, 0.15) is 5.25 Å². The van der Waals surface area contributed by atoms with Crippen LogP contribution >= 0.6 is 11.8 Å². The fourth-order valence-electron chi connectivity index (χ4n) is 2.60. The van der Waals surface area contributed by atoms with E-state index >= 15 is 0 Å². The van der Waals surface area contributed by atoms with Crippen molar-refractivity contribution < 1.29 is 14.3 Å². The highest BCUT2D eigenvalue weighted by Crippen LogP contribution is 2.31. The van der Waals surface area contributed by atoms with Crippen LogP contribution in [0.1, 0.15) is 20.3 Å². The molecule has 3 heterocycles. The lowest BCUT2D eigenvalue weighted by Crippen LogP contribution is -2.38. The Morgan fingerprint density at radius 1 is 1.27 bits per heavy atom. The van der Waals surface area contributed by atoms with E-state index in [1.165, 1.54) is 11.8 Å². The molecule has 0 saturated carbocycles. The zero-order chi connectivity index (χ0) is 15.5. The standard InChI is InChI=1S/C14H22N4O3S/c1-10(2)9-18-13(17-4-7-20-8-5-17)15-16-14(18)22-11-3-6-21-12(11)19/h10-11H,3-9H2,1-2H3/t11-/m0/s1. The van der Waals surface area contributed by atoms with Gasteiger partial charge in [-0.05, 0) is 5.92 Å². The third-order valence-corrected chi connectivity index (χ3v) is 4.90. The summed E-state index contributed by atoms with van der Waals surface area (Å²) >= 11 is 1.47. The maximum absolute atomic E-state index is 11.7. The molecule has 0 N–H and O–H groups in total. The molecule has 0 unspecified atom stereocenters. The molecule has 1 atom stereocenters. The highest BCUT2D eigenvalue weighted by atomic mass is 32.2. The number of thioether (sulfide) groups is 1. The van der Waals surface area contributed by atoms with Gasteiger partial charge in [0, 0.05) is 26.1 Å². The van der Waals surface area contributed by atoms with Gasteiger partial charge < -0.3 is 14.4 Å². The minimum atomic E-state index is -0.160. The summed E-state index contributed by atoms with van der Waals surface area (Å²) in [6, 6.07) is 0. The maximum Gasteiger partial charge on any atom is 0.319 e. The number of carbonyl (C=O) groups is 1. The minimum absolute atomic E-state index is 0.142. The van der Waals surface area contributed by atoms with E-state index in [9.17, 15) is 4.79 Å². The summed E-state index contributed by atoms with van der Waals surface area (Å²) in [5.41, 5.74) is 0. The molecule has 2 aliphatic heterocycles. The average molecular weight is 326 g/mol. The Kier molecular flexibility index (Phi) is 4.87. The lowest BCUT2D eigenvalue weighted by atomic mass is 10.2. The largest absolute Gasteiger partial charge is 0.465 e. The van der Waals surface area contributed by atoms with E-state index in [-0.39, 0.29) is 11.2 Å². The van der Waals surface area contributed by atoms with Crippen LogP contribution in [0.5, 0.6) is 0 Å². The first kappa shape index (κ1) is 15.6. The number of carbonyl (C=O) groups excluding carboxylic acids is 1. The Labute approximate surface area is 134 Å². The number of anilines is 1. The van der Waals surface area contributed by atoms with Gasteiger partial charge in [0.15, 0.2) is 5.16 Å². The van der Waals surface area contributed by atoms with Gasteiger partial charge in [-0.25, -0.2) is 0 Å². The fraction of sp³-hybridized carbons (Fsp3) is 0.786. The first-order valence-corrected chi connectivity index (χ1v) is 8.62. The number of aromatic nitrogens is 3. The van der Waals surface area contributed by atoms with Crippen molar-refractivity contribution in [1.82, 2.24) is 14.8 Å². The van der Waals surface area contributed by atoms with Crippen LogP contribution in [0.4, 0.5) is 5.95 Å². The second-order valence-corrected chi connectivity index (χ2v) is 7.12. The van der Waals surface area contributed by atoms with Crippen molar-refractivity contribution in [2.45, 2.75) is 37.2 Å². The van der Waals surface area contributed by atoms with Crippen molar-refractivity contribution in [3.63, 3.8) is 0 Å². The van der Waals surface area contributed by atoms with Crippen molar-refractivity contribution in [2.75, 3.05) is 37.8 Å². The molecule has 0 spiro atoms. The van der Waals surface area contributed by atoms with E-state index in [0.717, 1.165) is 37.2 Å². The molecular weight excluding hydrogens is 304 g/mol. The number of esters is 1. The molecule has 7 nitrogen and oxygen atoms in total. The predicted octanol–water partition coefficient (Wildman–Crippen LogP) is 1.18. The predicted molar refractivity (Wildman–Crippen MR) is 83.1 cm³/mol. The Morgan fingerprint density at radius 3 is 2.68 bits per heavy atom. The van der Waals surface area contributed by atoms with Crippen LogP contribution in [-0.2, 0) is 20.8 Å². The number of rotatable bonds is 5. The number of cyclic esters (lactones) is 1. The van der Waals surface area contributed by atoms with E-state index < -0.39 is 0 Å². The summed E-state index contributed by atoms with van der Waals surface area (Å²) in [6.07, 6.45) is 0.741. The molecule has 122 valence electrons. The van der Waals surface area contributed by atoms with Crippen LogP contribution in [-0.4, -0.2) is 58.9 Å². The van der Waals surface area contributed by atoms with Gasteiger partial charge in [-0.3, -0.25) is 9.36 Å². The first-order valence-electron chi connectivity index (χ1n) is 7.74. The zero-order valence-electron chi connectivity index (χ0n) is 13.0. The number of hydrogen-bond acceptors (Lipinski definition) is 7. The molecule has 0 aromatic carbocycles. The number of nitrogens with zero attached hydrogens (tertiary/aromatic N) is 4. The lowest BCUT2D eigenvalue weighted by molar-refractivity contribution is -0.137. The Balaban J connectivity index is 1.82. The number of hydrogen-bond donors (Lipinski definition) is 0. The Hall–Kier alpha value is -1.28. The molecular formula is C14H22N4O3S. The summed E-state index contributed by atoms with van der Waals surface area (Å²) < 4.78 is 12.6. The normalized spacial score (nSPS) is 22.4. The van der Waals surface area contributed by atoms with E-state index in [1.807, 2.05) is 0 Å². The van der Waals surface area contributed by atoms with Gasteiger partial charge in [0.2, 0.25) is 5.95 Å². The van der Waals surface area contributed by atoms with Crippen LogP contribution in [0.2, 0.25) is 0 Å². The number of ether oxygens (including phenoxy) is 2. The highest BCUT2D eigenvalue weighted by Gasteiger charge is 2.31. The van der Waals surface area contributed by atoms with Gasteiger partial charge in [0.25, 0.3) is 0 Å². The van der Waals surface area contributed by atoms with Gasteiger partial charge in [-0.15, -0.1) is 10.2 Å². The first-order chi connectivity index (χ1) is 10.6. The molecule has 0 radical (unpaired) electrons. The molecule has 0 amide bonds. The smallest absolute Gasteiger partial charge is 0.319 e. The second-order valence-electron chi connectivity index (χ2n) is 5.95. The molecule has 0 bridgehead atoms. The van der Waals surface area contributed by atoms with Crippen molar-refractivity contribution >= 4 is 23.7 Å². The quantitative estimate of drug-likeness (QED) is 0.753. The van der Waals surface area contributed by atoms with Crippen LogP contribution in [0, 0.1) is 5.92 Å². The highest BCUT2D eigenvalue weighted by molar-refractivity contribution is 8.00. The van der Waals surface area contributed by atoms with Gasteiger partial charge >= 0.3 is 5.97 Å². The molecule has 0 aliphatic carbocycles. The van der Waals surface area contributed by atoms with Gasteiger partial charge in [-0.2, -0.15) is 0 Å². The van der Waals surface area contributed by atoms with E-state index in [2.05, 4.69) is 33.5 Å². The van der Waals surface area contributed by atoms with E-state index in [0.29, 0.717) is 25.7 Å². The lowest BCUT2D eigenvalue weighted by Gasteiger charge is -2.28. The zero-order valence-corrected chi connectivity index (χ0v) is 13.8. The molecule has 2 aliphatic rings. The van der Waals surface area contributed by atoms with Crippen LogP contribution < -0.4 is 4.90 Å². The van der Waals surface area contributed by atoms with E-state index in [1.54, 1.807) is 0 Å². The molecule has 1 aromatic heterocycles. The van der Waals surface area contributed by atoms with E-state index in [4.69, 9.17) is 9.47 Å². The van der Waals surface area contributed by atoms with Crippen molar-refractivity contribution in [1.29, 1.82) is 0 Å². The molecule has 2 fully saturated rings. The molecule has 3 rings (SSSR count). The van der Waals surface area contributed by atoms with Gasteiger partial charge in [-0.1, -0.05) is 25.6 Å². The van der Waals surface area contributed by atoms with Crippen molar-refractivity contribution in [3.05, 3.63) is 0 Å². The average Bonchev–Trinajstić information content (AvgIpc) is 3.08. The monoisotopic (exact) mass is 326 g/mol. The molecule has 2 saturated heterocycles. The second kappa shape index (κ2) is 6.87. The third-order valence-electron chi connectivity index (χ3n) is 3.67. The molecule has 22 heavy (non-hydrogen) atoms. The molecule has 8 heteroatoms. The summed E-state index contributed by atoms with van der Waals surface area (Å²) in [7, 11) is 0. The SMILES string of the molecule is CC(C)Cn1c(S[C@H]2CCOC2=O)nnc1N1CCOCC1. The molecule has 1 aromatic rings. The van der Waals surface area contributed by atoms with Crippen molar-refractivity contribution in [3.8, 4) is 0 Å². The Morgan fingerprint density at radius 2 is 2.05 bits per heavy atom. The topological polar surface area (TPSA) is 69.5 Å². The Bertz CT molecular complexity index is 528. The summed E-state index contributed by atoms with van der Waals surface area (Å²) in [4.78, 5) is 13.9. The fourth-order valence-corrected chi connectivity index (χ4v) is 3.61. The minimum Gasteiger partial charge on any atom is -0.465 e. The van der Waals surface area contributed by atoms with Crippen molar-refractivity contribution in [2.24, 2.45) is 5.92 Å². The summed E-state index contributed by atoms with van der Waals surface area (Å²) in [5.74, 6) is 1.22. The summed E-state index contributed by atoms with van der Waals surface area (Å²) in [6.45, 7) is 8.76. The van der Waals surface area contributed by atoms with Gasteiger partial charge in [0.05, 0.1) is 19.8 Å². The van der Waals surface area contributed by atoms with Crippen LogP contribution in [0.15, 0.2) is 5.16 Å². The maximum atomic E-state index is 11.7.